The van der Waals surface area contributed by atoms with Crippen molar-refractivity contribution in [2.45, 2.75) is 20.3 Å². The van der Waals surface area contributed by atoms with Crippen LogP contribution >= 0.6 is 0 Å². The average Bonchev–Trinajstić information content (AvgIpc) is 2.27. The lowest BCUT2D eigenvalue weighted by atomic mass is 9.88. The summed E-state index contributed by atoms with van der Waals surface area (Å²) in [6, 6.07) is 8.01. The first-order valence-corrected chi connectivity index (χ1v) is 6.32. The number of para-hydroxylation sites is 1. The maximum Gasteiger partial charge on any atom is 0.227 e. The minimum Gasteiger partial charge on any atom is -0.326 e. The predicted molar refractivity (Wildman–Crippen MR) is 70.0 cm³/mol. The van der Waals surface area contributed by atoms with Crippen molar-refractivity contribution in [3.05, 3.63) is 29.8 Å². The van der Waals surface area contributed by atoms with Crippen LogP contribution in [0.2, 0.25) is 0 Å². The molecule has 1 fully saturated rings. The van der Waals surface area contributed by atoms with Gasteiger partial charge in [0.25, 0.3) is 0 Å². The molecule has 0 aromatic heterocycles. The Morgan fingerprint density at radius 1 is 1.47 bits per heavy atom. The lowest BCUT2D eigenvalue weighted by Crippen LogP contribution is -2.48. The summed E-state index contributed by atoms with van der Waals surface area (Å²) in [7, 11) is 0. The molecule has 1 heterocycles. The zero-order valence-corrected chi connectivity index (χ0v) is 10.5. The first kappa shape index (κ1) is 12.1. The smallest absolute Gasteiger partial charge is 0.227 e. The Hall–Kier alpha value is -1.35. The van der Waals surface area contributed by atoms with Crippen molar-refractivity contribution in [3.8, 4) is 0 Å². The van der Waals surface area contributed by atoms with Crippen LogP contribution in [0.1, 0.15) is 19.4 Å². The van der Waals surface area contributed by atoms with Crippen LogP contribution in [-0.2, 0) is 11.2 Å². The summed E-state index contributed by atoms with van der Waals surface area (Å²) in [6.45, 7) is 6.04. The highest BCUT2D eigenvalue weighted by atomic mass is 16.1. The van der Waals surface area contributed by atoms with Gasteiger partial charge in [-0.25, -0.2) is 0 Å². The zero-order valence-electron chi connectivity index (χ0n) is 10.5. The van der Waals surface area contributed by atoms with Crippen molar-refractivity contribution in [2.75, 3.05) is 18.4 Å². The van der Waals surface area contributed by atoms with E-state index < -0.39 is 0 Å². The van der Waals surface area contributed by atoms with Crippen LogP contribution in [0, 0.1) is 11.8 Å². The van der Waals surface area contributed by atoms with E-state index in [9.17, 15) is 4.79 Å². The van der Waals surface area contributed by atoms with E-state index in [0.29, 0.717) is 5.92 Å². The van der Waals surface area contributed by atoms with E-state index >= 15 is 0 Å². The van der Waals surface area contributed by atoms with Crippen molar-refractivity contribution in [3.63, 3.8) is 0 Å². The van der Waals surface area contributed by atoms with Gasteiger partial charge in [0.05, 0.1) is 0 Å². The number of aryl methyl sites for hydroxylation is 1. The second-order valence-electron chi connectivity index (χ2n) is 4.71. The van der Waals surface area contributed by atoms with E-state index in [2.05, 4.69) is 23.6 Å². The maximum absolute atomic E-state index is 12.1. The summed E-state index contributed by atoms with van der Waals surface area (Å²) < 4.78 is 0. The number of benzene rings is 1. The summed E-state index contributed by atoms with van der Waals surface area (Å²) >= 11 is 0. The van der Waals surface area contributed by atoms with Crippen LogP contribution in [0.3, 0.4) is 0 Å². The predicted octanol–water partition coefficient (Wildman–Crippen LogP) is 2.04. The molecule has 1 aromatic carbocycles. The van der Waals surface area contributed by atoms with Crippen LogP contribution in [0.15, 0.2) is 24.3 Å². The van der Waals surface area contributed by atoms with Gasteiger partial charge >= 0.3 is 0 Å². The molecule has 0 bridgehead atoms. The Balaban J connectivity index is 2.01. The Labute approximate surface area is 103 Å². The second-order valence-corrected chi connectivity index (χ2v) is 4.71. The SMILES string of the molecule is CCc1ccccc1NC(=O)C(C)C1CNC1. The quantitative estimate of drug-likeness (QED) is 0.834. The normalized spacial score (nSPS) is 17.3. The number of amides is 1. The van der Waals surface area contributed by atoms with Crippen LogP contribution in [-0.4, -0.2) is 19.0 Å². The van der Waals surface area contributed by atoms with Crippen molar-refractivity contribution >= 4 is 11.6 Å². The number of nitrogens with one attached hydrogen (secondary N) is 2. The molecule has 3 heteroatoms. The number of carbonyl (C=O) groups excluding carboxylic acids is 1. The molecule has 0 saturated carbocycles. The maximum atomic E-state index is 12.1. The molecule has 2 N–H and O–H groups in total. The minimum absolute atomic E-state index is 0.0844. The van der Waals surface area contributed by atoms with Crippen LogP contribution in [0.5, 0.6) is 0 Å². The Bertz CT molecular complexity index is 399. The molecule has 1 aliphatic heterocycles. The fraction of sp³-hybridized carbons (Fsp3) is 0.500. The molecular weight excluding hydrogens is 212 g/mol. The van der Waals surface area contributed by atoms with E-state index in [-0.39, 0.29) is 11.8 Å². The van der Waals surface area contributed by atoms with Gasteiger partial charge in [-0.05, 0) is 37.1 Å². The molecule has 1 amide bonds. The molecule has 0 radical (unpaired) electrons. The molecule has 0 spiro atoms. The van der Waals surface area contributed by atoms with Crippen molar-refractivity contribution in [2.24, 2.45) is 11.8 Å². The lowest BCUT2D eigenvalue weighted by molar-refractivity contribution is -0.121. The molecule has 1 unspecified atom stereocenters. The van der Waals surface area contributed by atoms with E-state index in [1.165, 1.54) is 5.56 Å². The number of hydrogen-bond donors (Lipinski definition) is 2. The largest absolute Gasteiger partial charge is 0.326 e. The molecule has 1 atom stereocenters. The molecule has 0 aliphatic carbocycles. The van der Waals surface area contributed by atoms with E-state index in [1.54, 1.807) is 0 Å². The Morgan fingerprint density at radius 2 is 2.18 bits per heavy atom. The highest BCUT2D eigenvalue weighted by Crippen LogP contribution is 2.20. The second kappa shape index (κ2) is 5.32. The first-order chi connectivity index (χ1) is 8.22. The van der Waals surface area contributed by atoms with Crippen LogP contribution in [0.25, 0.3) is 0 Å². The summed E-state index contributed by atoms with van der Waals surface area (Å²) in [5.74, 6) is 0.711. The van der Waals surface area contributed by atoms with Crippen LogP contribution < -0.4 is 10.6 Å². The molecular formula is C14H20N2O. The summed E-state index contributed by atoms with van der Waals surface area (Å²) in [4.78, 5) is 12.1. The van der Waals surface area contributed by atoms with Gasteiger partial charge in [0.2, 0.25) is 5.91 Å². The number of anilines is 1. The number of rotatable bonds is 4. The van der Waals surface area contributed by atoms with E-state index in [4.69, 9.17) is 0 Å². The van der Waals surface area contributed by atoms with Gasteiger partial charge in [0, 0.05) is 11.6 Å². The van der Waals surface area contributed by atoms with Gasteiger partial charge in [-0.2, -0.15) is 0 Å². The van der Waals surface area contributed by atoms with Gasteiger partial charge in [-0.1, -0.05) is 32.0 Å². The summed E-state index contributed by atoms with van der Waals surface area (Å²) in [5.41, 5.74) is 2.15. The Morgan fingerprint density at radius 3 is 2.76 bits per heavy atom. The highest BCUT2D eigenvalue weighted by molar-refractivity contribution is 5.93. The van der Waals surface area contributed by atoms with Crippen molar-refractivity contribution in [1.82, 2.24) is 5.32 Å². The van der Waals surface area contributed by atoms with Gasteiger partial charge in [-0.3, -0.25) is 4.79 Å². The monoisotopic (exact) mass is 232 g/mol. The van der Waals surface area contributed by atoms with Gasteiger partial charge in [0.15, 0.2) is 0 Å². The highest BCUT2D eigenvalue weighted by Gasteiger charge is 2.28. The molecule has 1 saturated heterocycles. The molecule has 2 rings (SSSR count). The molecule has 3 nitrogen and oxygen atoms in total. The van der Waals surface area contributed by atoms with E-state index in [0.717, 1.165) is 25.2 Å². The third-order valence-electron chi connectivity index (χ3n) is 3.59. The van der Waals surface area contributed by atoms with Gasteiger partial charge in [0.1, 0.15) is 0 Å². The first-order valence-electron chi connectivity index (χ1n) is 6.32. The molecule has 17 heavy (non-hydrogen) atoms. The average molecular weight is 232 g/mol. The summed E-state index contributed by atoms with van der Waals surface area (Å²) in [6.07, 6.45) is 0.940. The van der Waals surface area contributed by atoms with Crippen molar-refractivity contribution < 1.29 is 4.79 Å². The third kappa shape index (κ3) is 2.67. The third-order valence-corrected chi connectivity index (χ3v) is 3.59. The Kier molecular flexibility index (Phi) is 3.79. The standard InChI is InChI=1S/C14H20N2O/c1-3-11-6-4-5-7-13(11)16-14(17)10(2)12-8-15-9-12/h4-7,10,12,15H,3,8-9H2,1-2H3,(H,16,17). The number of carbonyl (C=O) groups is 1. The van der Waals surface area contributed by atoms with Gasteiger partial charge < -0.3 is 10.6 Å². The van der Waals surface area contributed by atoms with Crippen LogP contribution in [0.4, 0.5) is 5.69 Å². The fourth-order valence-corrected chi connectivity index (χ4v) is 2.08. The molecule has 1 aliphatic rings. The van der Waals surface area contributed by atoms with Crippen molar-refractivity contribution in [1.29, 1.82) is 0 Å². The van der Waals surface area contributed by atoms with Gasteiger partial charge in [-0.15, -0.1) is 0 Å². The fourth-order valence-electron chi connectivity index (χ4n) is 2.08. The summed E-state index contributed by atoms with van der Waals surface area (Å²) in [5, 5.41) is 6.25. The topological polar surface area (TPSA) is 41.1 Å². The van der Waals surface area contributed by atoms with E-state index in [1.807, 2.05) is 25.1 Å². The minimum atomic E-state index is 0.0844. The molecule has 1 aromatic rings. The number of hydrogen-bond acceptors (Lipinski definition) is 2. The molecule has 92 valence electrons. The zero-order chi connectivity index (χ0) is 12.3. The lowest BCUT2D eigenvalue weighted by Gasteiger charge is -2.31.